The number of amides is 3. The Hall–Kier alpha value is -3.34. The summed E-state index contributed by atoms with van der Waals surface area (Å²) in [6, 6.07) is 8.47. The molecule has 8 heteroatoms. The van der Waals surface area contributed by atoms with Gasteiger partial charge in [0.2, 0.25) is 0 Å². The zero-order chi connectivity index (χ0) is 21.2. The maximum atomic E-state index is 12.1. The summed E-state index contributed by atoms with van der Waals surface area (Å²) in [6.07, 6.45) is 6.43. The van der Waals surface area contributed by atoms with E-state index in [-0.39, 0.29) is 11.6 Å². The molecule has 154 valence electrons. The lowest BCUT2D eigenvalue weighted by Crippen LogP contribution is -2.46. The number of anilines is 1. The Bertz CT molecular complexity index is 803. The van der Waals surface area contributed by atoms with Crippen molar-refractivity contribution < 1.29 is 19.1 Å². The van der Waals surface area contributed by atoms with Gasteiger partial charge in [0.1, 0.15) is 11.6 Å². The number of ether oxygens (including phenoxy) is 1. The Morgan fingerprint density at radius 3 is 2.41 bits per heavy atom. The number of urea groups is 1. The molecule has 1 fully saturated rings. The number of carbonyl (C=O) groups is 3. The molecule has 1 saturated carbocycles. The van der Waals surface area contributed by atoms with E-state index in [2.05, 4.69) is 10.6 Å². The molecule has 0 atom stereocenters. The smallest absolute Gasteiger partial charge is 0.349 e. The van der Waals surface area contributed by atoms with Gasteiger partial charge < -0.3 is 15.0 Å². The quantitative estimate of drug-likeness (QED) is 0.432. The van der Waals surface area contributed by atoms with Gasteiger partial charge in [-0.25, -0.2) is 9.59 Å². The minimum Gasteiger partial charge on any atom is -0.451 e. The summed E-state index contributed by atoms with van der Waals surface area (Å²) >= 11 is 0. The Kier molecular flexibility index (Phi) is 8.22. The van der Waals surface area contributed by atoms with Gasteiger partial charge in [-0.15, -0.1) is 0 Å². The third kappa shape index (κ3) is 7.30. The number of nitriles is 1. The minimum absolute atomic E-state index is 0.0612. The molecule has 0 saturated heterocycles. The van der Waals surface area contributed by atoms with Gasteiger partial charge in [-0.1, -0.05) is 31.4 Å². The molecule has 0 radical (unpaired) electrons. The largest absolute Gasteiger partial charge is 0.451 e. The number of nitrogens with zero attached hydrogens (tertiary/aromatic N) is 2. The topological polar surface area (TPSA) is 112 Å². The van der Waals surface area contributed by atoms with Gasteiger partial charge in [-0.3, -0.25) is 10.1 Å². The number of hydrogen-bond acceptors (Lipinski definition) is 6. The summed E-state index contributed by atoms with van der Waals surface area (Å²) in [5.41, 5.74) is 1.40. The molecule has 0 unspecified atom stereocenters. The van der Waals surface area contributed by atoms with Crippen LogP contribution in [0.25, 0.3) is 6.08 Å². The van der Waals surface area contributed by atoms with Gasteiger partial charge in [0.25, 0.3) is 5.91 Å². The van der Waals surface area contributed by atoms with Gasteiger partial charge in [0.15, 0.2) is 6.61 Å². The summed E-state index contributed by atoms with van der Waals surface area (Å²) in [5.74, 6) is -1.67. The van der Waals surface area contributed by atoms with Crippen molar-refractivity contribution in [2.45, 2.75) is 38.1 Å². The molecule has 1 aromatic carbocycles. The van der Waals surface area contributed by atoms with Crippen molar-refractivity contribution in [3.8, 4) is 6.07 Å². The van der Waals surface area contributed by atoms with E-state index in [9.17, 15) is 19.6 Å². The summed E-state index contributed by atoms with van der Waals surface area (Å²) in [4.78, 5) is 37.6. The number of rotatable bonds is 6. The van der Waals surface area contributed by atoms with Gasteiger partial charge in [0.05, 0.1) is 0 Å². The normalized spacial score (nSPS) is 14.4. The molecule has 0 heterocycles. The van der Waals surface area contributed by atoms with E-state index in [1.54, 1.807) is 18.2 Å². The van der Waals surface area contributed by atoms with Gasteiger partial charge in [0, 0.05) is 25.8 Å². The van der Waals surface area contributed by atoms with E-state index in [1.807, 2.05) is 31.1 Å². The second-order valence-corrected chi connectivity index (χ2v) is 7.09. The van der Waals surface area contributed by atoms with E-state index in [0.717, 1.165) is 37.8 Å². The fourth-order valence-electron chi connectivity index (χ4n) is 3.01. The number of imide groups is 1. The lowest BCUT2D eigenvalue weighted by molar-refractivity contribution is -0.144. The van der Waals surface area contributed by atoms with Crippen molar-refractivity contribution >= 4 is 29.7 Å². The summed E-state index contributed by atoms with van der Waals surface area (Å²) < 4.78 is 4.85. The number of carbonyl (C=O) groups excluding carboxylic acids is 3. The van der Waals surface area contributed by atoms with Crippen LogP contribution < -0.4 is 15.5 Å². The van der Waals surface area contributed by atoms with Crippen molar-refractivity contribution in [2.24, 2.45) is 0 Å². The van der Waals surface area contributed by atoms with Crippen LogP contribution in [0.4, 0.5) is 10.5 Å². The number of esters is 1. The summed E-state index contributed by atoms with van der Waals surface area (Å²) in [7, 11) is 3.81. The average Bonchev–Trinajstić information content (AvgIpc) is 2.71. The molecule has 1 aliphatic rings. The van der Waals surface area contributed by atoms with Crippen LogP contribution in [0.5, 0.6) is 0 Å². The molecular weight excluding hydrogens is 372 g/mol. The molecule has 8 nitrogen and oxygen atoms in total. The first-order valence-corrected chi connectivity index (χ1v) is 9.55. The predicted octanol–water partition coefficient (Wildman–Crippen LogP) is 2.36. The van der Waals surface area contributed by atoms with Crippen LogP contribution in [0.1, 0.15) is 37.7 Å². The first-order chi connectivity index (χ1) is 13.9. The van der Waals surface area contributed by atoms with Crippen LogP contribution in [-0.4, -0.2) is 44.7 Å². The van der Waals surface area contributed by atoms with Gasteiger partial charge in [-0.2, -0.15) is 5.26 Å². The van der Waals surface area contributed by atoms with Crippen LogP contribution in [0.15, 0.2) is 29.8 Å². The molecule has 2 N–H and O–H groups in total. The number of benzene rings is 1. The van der Waals surface area contributed by atoms with Crippen molar-refractivity contribution in [3.63, 3.8) is 0 Å². The Morgan fingerprint density at radius 1 is 1.17 bits per heavy atom. The van der Waals surface area contributed by atoms with E-state index in [4.69, 9.17) is 4.74 Å². The van der Waals surface area contributed by atoms with Crippen molar-refractivity contribution in [3.05, 3.63) is 35.4 Å². The fraction of sp³-hybridized carbons (Fsp3) is 0.429. The van der Waals surface area contributed by atoms with Crippen LogP contribution >= 0.6 is 0 Å². The highest BCUT2D eigenvalue weighted by molar-refractivity contribution is 6.00. The SMILES string of the molecule is CN(C)c1ccc(/C=C(\C#N)C(=O)OCC(=O)NC(=O)NC2CCCCC2)cc1. The van der Waals surface area contributed by atoms with Crippen molar-refractivity contribution in [1.29, 1.82) is 5.26 Å². The lowest BCUT2D eigenvalue weighted by Gasteiger charge is -2.22. The highest BCUT2D eigenvalue weighted by Gasteiger charge is 2.18. The highest BCUT2D eigenvalue weighted by Crippen LogP contribution is 2.17. The van der Waals surface area contributed by atoms with Gasteiger partial charge >= 0.3 is 12.0 Å². The summed E-state index contributed by atoms with van der Waals surface area (Å²) in [5, 5.41) is 14.1. The summed E-state index contributed by atoms with van der Waals surface area (Å²) in [6.45, 7) is -0.643. The Balaban J connectivity index is 1.83. The van der Waals surface area contributed by atoms with E-state index >= 15 is 0 Å². The molecular formula is C21H26N4O4. The molecule has 0 bridgehead atoms. The average molecular weight is 398 g/mol. The molecule has 2 rings (SSSR count). The second-order valence-electron chi connectivity index (χ2n) is 7.09. The lowest BCUT2D eigenvalue weighted by atomic mass is 9.96. The molecule has 0 spiro atoms. The van der Waals surface area contributed by atoms with Crippen molar-refractivity contribution in [2.75, 3.05) is 25.6 Å². The molecule has 1 aromatic rings. The number of nitrogens with one attached hydrogen (secondary N) is 2. The van der Waals surface area contributed by atoms with Crippen molar-refractivity contribution in [1.82, 2.24) is 10.6 Å². The maximum Gasteiger partial charge on any atom is 0.349 e. The third-order valence-electron chi connectivity index (χ3n) is 4.59. The second kappa shape index (κ2) is 10.9. The van der Waals surface area contributed by atoms with Crippen LogP contribution in [0, 0.1) is 11.3 Å². The predicted molar refractivity (Wildman–Crippen MR) is 109 cm³/mol. The molecule has 3 amide bonds. The standard InChI is InChI=1S/C21H26N4O4/c1-25(2)18-10-8-15(9-11-18)12-16(13-22)20(27)29-14-19(26)24-21(28)23-17-6-4-3-5-7-17/h8-12,17H,3-7,14H2,1-2H3,(H2,23,24,26,28)/b16-12+. The Labute approximate surface area is 170 Å². The molecule has 29 heavy (non-hydrogen) atoms. The zero-order valence-corrected chi connectivity index (χ0v) is 16.7. The molecule has 0 aliphatic heterocycles. The van der Waals surface area contributed by atoms with E-state index in [0.29, 0.717) is 5.56 Å². The Morgan fingerprint density at radius 2 is 1.83 bits per heavy atom. The maximum absolute atomic E-state index is 12.1. The first-order valence-electron chi connectivity index (χ1n) is 9.55. The molecule has 1 aliphatic carbocycles. The third-order valence-corrected chi connectivity index (χ3v) is 4.59. The van der Waals surface area contributed by atoms with Crippen LogP contribution in [0.2, 0.25) is 0 Å². The highest BCUT2D eigenvalue weighted by atomic mass is 16.5. The monoisotopic (exact) mass is 398 g/mol. The minimum atomic E-state index is -0.924. The fourth-order valence-corrected chi connectivity index (χ4v) is 3.01. The molecule has 0 aromatic heterocycles. The first kappa shape index (κ1) is 22.0. The van der Waals surface area contributed by atoms with Crippen LogP contribution in [-0.2, 0) is 14.3 Å². The van der Waals surface area contributed by atoms with Gasteiger partial charge in [-0.05, 0) is 36.6 Å². The number of hydrogen-bond donors (Lipinski definition) is 2. The zero-order valence-electron chi connectivity index (χ0n) is 16.7. The van der Waals surface area contributed by atoms with E-state index < -0.39 is 24.5 Å². The van der Waals surface area contributed by atoms with E-state index in [1.165, 1.54) is 6.08 Å². The van der Waals surface area contributed by atoms with Crippen LogP contribution in [0.3, 0.4) is 0 Å².